The summed E-state index contributed by atoms with van der Waals surface area (Å²) in [5.74, 6) is 1.72. The number of rotatable bonds is 7. The summed E-state index contributed by atoms with van der Waals surface area (Å²) >= 11 is 1.63. The van der Waals surface area contributed by atoms with Gasteiger partial charge >= 0.3 is 0 Å². The molecule has 0 amide bonds. The first-order valence-electron chi connectivity index (χ1n) is 9.07. The third kappa shape index (κ3) is 3.80. The lowest BCUT2D eigenvalue weighted by Crippen LogP contribution is -2.12. The van der Waals surface area contributed by atoms with E-state index in [0.29, 0.717) is 6.61 Å². The number of aromatic nitrogens is 3. The number of para-hydroxylation sites is 1. The van der Waals surface area contributed by atoms with Gasteiger partial charge in [-0.05, 0) is 31.4 Å². The van der Waals surface area contributed by atoms with Crippen molar-refractivity contribution in [3.05, 3.63) is 59.9 Å². The predicted octanol–water partition coefficient (Wildman–Crippen LogP) is 4.98. The van der Waals surface area contributed by atoms with Gasteiger partial charge in [0.15, 0.2) is 0 Å². The molecule has 0 spiro atoms. The van der Waals surface area contributed by atoms with Gasteiger partial charge in [0, 0.05) is 41.8 Å². The van der Waals surface area contributed by atoms with Gasteiger partial charge in [-0.1, -0.05) is 18.2 Å². The molecule has 4 aromatic rings. The molecule has 0 radical (unpaired) electrons. The minimum Gasteiger partial charge on any atom is -0.493 e. The van der Waals surface area contributed by atoms with Gasteiger partial charge in [0.1, 0.15) is 17.9 Å². The molecule has 0 unspecified atom stereocenters. The first-order valence-corrected chi connectivity index (χ1v) is 9.95. The lowest BCUT2D eigenvalue weighted by Gasteiger charge is -2.10. The van der Waals surface area contributed by atoms with E-state index in [-0.39, 0.29) is 0 Å². The molecular formula is C21H22N4OS. The van der Waals surface area contributed by atoms with E-state index in [0.717, 1.165) is 35.2 Å². The summed E-state index contributed by atoms with van der Waals surface area (Å²) in [4.78, 5) is 9.83. The zero-order chi connectivity index (χ0) is 18.6. The summed E-state index contributed by atoms with van der Waals surface area (Å²) in [7, 11) is 0. The average molecular weight is 379 g/mol. The Bertz CT molecular complexity index is 1050. The van der Waals surface area contributed by atoms with Crippen LogP contribution in [-0.2, 0) is 6.54 Å². The summed E-state index contributed by atoms with van der Waals surface area (Å²) in [6.07, 6.45) is 1.61. The van der Waals surface area contributed by atoms with Crippen molar-refractivity contribution in [3.8, 4) is 16.3 Å². The van der Waals surface area contributed by atoms with Crippen LogP contribution in [0.25, 0.3) is 21.5 Å². The fourth-order valence-corrected chi connectivity index (χ4v) is 4.02. The fraction of sp³-hybridized carbons (Fsp3) is 0.238. The summed E-state index contributed by atoms with van der Waals surface area (Å²) in [5.41, 5.74) is 3.44. The molecule has 0 aliphatic rings. The number of benzene rings is 1. The number of thiophene rings is 1. The second-order valence-electron chi connectivity index (χ2n) is 6.29. The maximum absolute atomic E-state index is 5.54. The van der Waals surface area contributed by atoms with E-state index in [4.69, 9.17) is 4.74 Å². The van der Waals surface area contributed by atoms with Crippen LogP contribution in [0.1, 0.15) is 12.6 Å². The standard InChI is InChI=1S/C21H22N4OS/c1-3-26-17-11-20(27-13-17)18-12-21(24-14-23-18)22-8-9-25-15(2)10-16-6-4-5-7-19(16)25/h4-7,10-14H,3,8-9H2,1-2H3,(H,22,23,24). The predicted molar refractivity (Wildman–Crippen MR) is 112 cm³/mol. The van der Waals surface area contributed by atoms with E-state index in [1.54, 1.807) is 17.7 Å². The SMILES string of the molecule is CCOc1csc(-c2cc(NCCn3c(C)cc4ccccc43)ncn2)c1. The Hall–Kier alpha value is -2.86. The average Bonchev–Trinajstić information content (AvgIpc) is 3.27. The van der Waals surface area contributed by atoms with Gasteiger partial charge < -0.3 is 14.6 Å². The maximum Gasteiger partial charge on any atom is 0.130 e. The van der Waals surface area contributed by atoms with Gasteiger partial charge in [0.2, 0.25) is 0 Å². The molecule has 4 rings (SSSR count). The number of nitrogens with one attached hydrogen (secondary N) is 1. The topological polar surface area (TPSA) is 52.0 Å². The van der Waals surface area contributed by atoms with Crippen molar-refractivity contribution in [3.63, 3.8) is 0 Å². The Morgan fingerprint density at radius 2 is 2.04 bits per heavy atom. The van der Waals surface area contributed by atoms with E-state index in [1.165, 1.54) is 16.6 Å². The molecule has 0 saturated heterocycles. The highest BCUT2D eigenvalue weighted by Gasteiger charge is 2.07. The highest BCUT2D eigenvalue weighted by Crippen LogP contribution is 2.30. The van der Waals surface area contributed by atoms with Crippen molar-refractivity contribution in [1.29, 1.82) is 0 Å². The summed E-state index contributed by atoms with van der Waals surface area (Å²) in [5, 5.41) is 6.71. The van der Waals surface area contributed by atoms with Crippen molar-refractivity contribution in [2.45, 2.75) is 20.4 Å². The first-order chi connectivity index (χ1) is 13.2. The summed E-state index contributed by atoms with van der Waals surface area (Å²) in [6, 6.07) is 14.7. The molecule has 1 aromatic carbocycles. The Morgan fingerprint density at radius 3 is 2.93 bits per heavy atom. The molecule has 0 fully saturated rings. The van der Waals surface area contributed by atoms with E-state index >= 15 is 0 Å². The van der Waals surface area contributed by atoms with Gasteiger partial charge in [0.25, 0.3) is 0 Å². The molecule has 1 N–H and O–H groups in total. The van der Waals surface area contributed by atoms with Crippen LogP contribution in [0, 0.1) is 6.92 Å². The second-order valence-corrected chi connectivity index (χ2v) is 7.20. The molecule has 3 aromatic heterocycles. The number of fused-ring (bicyclic) bond motifs is 1. The van der Waals surface area contributed by atoms with Crippen LogP contribution < -0.4 is 10.1 Å². The number of nitrogens with zero attached hydrogens (tertiary/aromatic N) is 3. The first kappa shape index (κ1) is 17.5. The minimum atomic E-state index is 0.667. The van der Waals surface area contributed by atoms with Crippen LogP contribution in [0.2, 0.25) is 0 Å². The van der Waals surface area contributed by atoms with Gasteiger partial charge in [-0.25, -0.2) is 9.97 Å². The van der Waals surface area contributed by atoms with Crippen molar-refractivity contribution in [2.24, 2.45) is 0 Å². The third-order valence-electron chi connectivity index (χ3n) is 4.47. The van der Waals surface area contributed by atoms with Gasteiger partial charge in [-0.15, -0.1) is 11.3 Å². The molecular weight excluding hydrogens is 356 g/mol. The van der Waals surface area contributed by atoms with Crippen molar-refractivity contribution >= 4 is 28.1 Å². The highest BCUT2D eigenvalue weighted by molar-refractivity contribution is 7.13. The van der Waals surface area contributed by atoms with Crippen LogP contribution in [0.3, 0.4) is 0 Å². The zero-order valence-electron chi connectivity index (χ0n) is 15.5. The fourth-order valence-electron chi connectivity index (χ4n) is 3.23. The lowest BCUT2D eigenvalue weighted by atomic mass is 10.2. The van der Waals surface area contributed by atoms with Gasteiger partial charge in [-0.2, -0.15) is 0 Å². The minimum absolute atomic E-state index is 0.667. The van der Waals surface area contributed by atoms with E-state index < -0.39 is 0 Å². The number of anilines is 1. The number of hydrogen-bond acceptors (Lipinski definition) is 5. The third-order valence-corrected chi connectivity index (χ3v) is 5.40. The molecule has 0 aliphatic carbocycles. The highest BCUT2D eigenvalue weighted by atomic mass is 32.1. The normalized spacial score (nSPS) is 11.0. The lowest BCUT2D eigenvalue weighted by molar-refractivity contribution is 0.342. The molecule has 5 nitrogen and oxygen atoms in total. The number of hydrogen-bond donors (Lipinski definition) is 1. The van der Waals surface area contributed by atoms with E-state index in [1.807, 2.05) is 24.4 Å². The molecule has 0 saturated carbocycles. The van der Waals surface area contributed by atoms with Crippen LogP contribution in [0.4, 0.5) is 5.82 Å². The van der Waals surface area contributed by atoms with Crippen LogP contribution in [-0.4, -0.2) is 27.7 Å². The van der Waals surface area contributed by atoms with E-state index in [9.17, 15) is 0 Å². The summed E-state index contributed by atoms with van der Waals surface area (Å²) < 4.78 is 7.87. The monoisotopic (exact) mass is 378 g/mol. The quantitative estimate of drug-likeness (QED) is 0.493. The Balaban J connectivity index is 1.44. The van der Waals surface area contributed by atoms with Crippen LogP contribution in [0.5, 0.6) is 5.75 Å². The second kappa shape index (κ2) is 7.80. The molecule has 138 valence electrons. The number of ether oxygens (including phenoxy) is 1. The van der Waals surface area contributed by atoms with Crippen LogP contribution >= 0.6 is 11.3 Å². The molecule has 0 aliphatic heterocycles. The van der Waals surface area contributed by atoms with Gasteiger partial charge in [0.05, 0.1) is 17.2 Å². The van der Waals surface area contributed by atoms with E-state index in [2.05, 4.69) is 57.1 Å². The van der Waals surface area contributed by atoms with Crippen molar-refractivity contribution in [2.75, 3.05) is 18.5 Å². The zero-order valence-corrected chi connectivity index (χ0v) is 16.3. The summed E-state index contributed by atoms with van der Waals surface area (Å²) in [6.45, 7) is 6.48. The molecule has 0 atom stereocenters. The Morgan fingerprint density at radius 1 is 1.15 bits per heavy atom. The smallest absolute Gasteiger partial charge is 0.130 e. The van der Waals surface area contributed by atoms with Gasteiger partial charge in [-0.3, -0.25) is 0 Å². The Labute approximate surface area is 162 Å². The molecule has 3 heterocycles. The Kier molecular flexibility index (Phi) is 5.07. The van der Waals surface area contributed by atoms with Crippen LogP contribution in [0.15, 0.2) is 54.2 Å². The molecule has 6 heteroatoms. The number of aryl methyl sites for hydroxylation is 1. The molecule has 0 bridgehead atoms. The molecule has 27 heavy (non-hydrogen) atoms. The largest absolute Gasteiger partial charge is 0.493 e. The van der Waals surface area contributed by atoms with Crippen molar-refractivity contribution < 1.29 is 4.74 Å². The van der Waals surface area contributed by atoms with Crippen molar-refractivity contribution in [1.82, 2.24) is 14.5 Å². The maximum atomic E-state index is 5.54.